The van der Waals surface area contributed by atoms with E-state index in [0.29, 0.717) is 0 Å². The molecule has 0 N–H and O–H groups in total. The number of rotatable bonds is 10. The number of hydrogen-bond donors (Lipinski definition) is 0. The Morgan fingerprint density at radius 2 is 1.33 bits per heavy atom. The molecule has 8 nitrogen and oxygen atoms in total. The number of carbonyl (C=O) groups excluding carboxylic acids is 1. The molecule has 1 aliphatic heterocycles. The highest BCUT2D eigenvalue weighted by molar-refractivity contribution is 5.66. The second-order valence-electron chi connectivity index (χ2n) is 7.47. The first-order valence-corrected chi connectivity index (χ1v) is 10.5. The first-order chi connectivity index (χ1) is 15.9. The van der Waals surface area contributed by atoms with Crippen molar-refractivity contribution in [1.29, 1.82) is 0 Å². The summed E-state index contributed by atoms with van der Waals surface area (Å²) in [5.74, 6) is 1.26. The summed E-state index contributed by atoms with van der Waals surface area (Å²) in [4.78, 5) is 11.8. The number of hydrogen-bond acceptors (Lipinski definition) is 8. The Hall–Kier alpha value is -3.07. The summed E-state index contributed by atoms with van der Waals surface area (Å²) in [6.07, 6.45) is -3.04. The van der Waals surface area contributed by atoms with Crippen LogP contribution in [0.5, 0.6) is 11.5 Å². The van der Waals surface area contributed by atoms with Crippen molar-refractivity contribution >= 4 is 5.97 Å². The standard InChI is InChI=1S/C25H30O8/c1-16-22(33-17(2)26)23(30-14-18-6-10-20(27-3)11-7-18)24(25(29-5)32-16)31-15-19-8-12-21(28-4)13-9-19/h6-13,22-25H,1,14-15H2,2-5H3/t22-,23+,24-,25+/m1/s1. The Labute approximate surface area is 193 Å². The lowest BCUT2D eigenvalue weighted by atomic mass is 10.0. The van der Waals surface area contributed by atoms with E-state index in [-0.39, 0.29) is 19.0 Å². The number of ether oxygens (including phenoxy) is 7. The van der Waals surface area contributed by atoms with Gasteiger partial charge in [0.15, 0.2) is 12.2 Å². The first kappa shape index (κ1) is 24.6. The fourth-order valence-corrected chi connectivity index (χ4v) is 3.47. The molecule has 4 atom stereocenters. The third kappa shape index (κ3) is 6.47. The lowest BCUT2D eigenvalue weighted by Crippen LogP contribution is -2.55. The number of methoxy groups -OCH3 is 3. The monoisotopic (exact) mass is 458 g/mol. The van der Waals surface area contributed by atoms with Gasteiger partial charge in [0.25, 0.3) is 0 Å². The van der Waals surface area contributed by atoms with Crippen LogP contribution in [0, 0.1) is 0 Å². The minimum atomic E-state index is -0.854. The van der Waals surface area contributed by atoms with Gasteiger partial charge in [-0.15, -0.1) is 0 Å². The fourth-order valence-electron chi connectivity index (χ4n) is 3.47. The molecule has 0 spiro atoms. The summed E-state index contributed by atoms with van der Waals surface area (Å²) in [6.45, 7) is 5.74. The maximum atomic E-state index is 11.8. The van der Waals surface area contributed by atoms with E-state index in [1.165, 1.54) is 14.0 Å². The van der Waals surface area contributed by atoms with E-state index >= 15 is 0 Å². The lowest BCUT2D eigenvalue weighted by molar-refractivity contribution is -0.266. The zero-order chi connectivity index (χ0) is 23.8. The van der Waals surface area contributed by atoms with E-state index in [0.717, 1.165) is 22.6 Å². The van der Waals surface area contributed by atoms with Gasteiger partial charge in [-0.25, -0.2) is 0 Å². The van der Waals surface area contributed by atoms with E-state index in [2.05, 4.69) is 6.58 Å². The van der Waals surface area contributed by atoms with Gasteiger partial charge >= 0.3 is 5.97 Å². The molecule has 2 aromatic rings. The Kier molecular flexibility index (Phi) is 8.71. The average Bonchev–Trinajstić information content (AvgIpc) is 2.83. The number of carbonyl (C=O) groups is 1. The molecule has 1 aliphatic rings. The fraction of sp³-hybridized carbons (Fsp3) is 0.400. The van der Waals surface area contributed by atoms with Crippen LogP contribution in [0.25, 0.3) is 0 Å². The molecule has 0 saturated carbocycles. The highest BCUT2D eigenvalue weighted by atomic mass is 16.7. The molecule has 0 amide bonds. The van der Waals surface area contributed by atoms with Gasteiger partial charge in [0.05, 0.1) is 27.4 Å². The zero-order valence-electron chi connectivity index (χ0n) is 19.3. The van der Waals surface area contributed by atoms with E-state index < -0.39 is 30.6 Å². The average molecular weight is 459 g/mol. The van der Waals surface area contributed by atoms with Gasteiger partial charge in [0.1, 0.15) is 23.4 Å². The molecule has 0 unspecified atom stereocenters. The summed E-state index contributed by atoms with van der Waals surface area (Å²) in [5.41, 5.74) is 1.84. The predicted octanol–water partition coefficient (Wildman–Crippen LogP) is 3.62. The normalized spacial score (nSPS) is 22.4. The Morgan fingerprint density at radius 1 is 0.848 bits per heavy atom. The van der Waals surface area contributed by atoms with Crippen molar-refractivity contribution in [3.8, 4) is 11.5 Å². The van der Waals surface area contributed by atoms with E-state index in [1.54, 1.807) is 14.2 Å². The number of benzene rings is 2. The molecule has 33 heavy (non-hydrogen) atoms. The van der Waals surface area contributed by atoms with Crippen molar-refractivity contribution in [1.82, 2.24) is 0 Å². The largest absolute Gasteiger partial charge is 0.497 e. The van der Waals surface area contributed by atoms with Crippen LogP contribution in [-0.4, -0.2) is 51.9 Å². The molecule has 0 radical (unpaired) electrons. The van der Waals surface area contributed by atoms with Crippen molar-refractivity contribution in [3.63, 3.8) is 0 Å². The third-order valence-electron chi connectivity index (χ3n) is 5.20. The first-order valence-electron chi connectivity index (χ1n) is 10.5. The topological polar surface area (TPSA) is 81.7 Å². The summed E-state index contributed by atoms with van der Waals surface area (Å²) < 4.78 is 39.5. The van der Waals surface area contributed by atoms with Gasteiger partial charge in [-0.05, 0) is 35.4 Å². The van der Waals surface area contributed by atoms with Crippen molar-refractivity contribution in [2.45, 2.75) is 44.7 Å². The van der Waals surface area contributed by atoms with Gasteiger partial charge in [-0.1, -0.05) is 30.8 Å². The SMILES string of the molecule is C=C1O[C@H](OC)[C@H](OCc2ccc(OC)cc2)[C@@H](OCc2ccc(OC)cc2)[C@@H]1OC(C)=O. The maximum absolute atomic E-state index is 11.8. The molecule has 8 heteroatoms. The Balaban J connectivity index is 1.79. The second kappa shape index (κ2) is 11.7. The Morgan fingerprint density at radius 3 is 1.76 bits per heavy atom. The van der Waals surface area contributed by atoms with E-state index in [9.17, 15) is 4.79 Å². The molecule has 178 valence electrons. The van der Waals surface area contributed by atoms with Crippen molar-refractivity contribution in [2.75, 3.05) is 21.3 Å². The van der Waals surface area contributed by atoms with Gasteiger partial charge < -0.3 is 33.2 Å². The van der Waals surface area contributed by atoms with Crippen molar-refractivity contribution in [2.24, 2.45) is 0 Å². The van der Waals surface area contributed by atoms with Crippen molar-refractivity contribution in [3.05, 3.63) is 72.0 Å². The molecule has 0 aliphatic carbocycles. The summed E-state index contributed by atoms with van der Waals surface area (Å²) >= 11 is 0. The van der Waals surface area contributed by atoms with Crippen LogP contribution in [0.1, 0.15) is 18.1 Å². The van der Waals surface area contributed by atoms with Gasteiger partial charge in [0, 0.05) is 14.0 Å². The van der Waals surface area contributed by atoms with Crippen LogP contribution in [0.2, 0.25) is 0 Å². The molecular weight excluding hydrogens is 428 g/mol. The quantitative estimate of drug-likeness (QED) is 0.500. The number of esters is 1. The smallest absolute Gasteiger partial charge is 0.303 e. The molecule has 3 rings (SSSR count). The highest BCUT2D eigenvalue weighted by Crippen LogP contribution is 2.31. The molecule has 1 saturated heterocycles. The molecule has 0 bridgehead atoms. The molecular formula is C25H30O8. The van der Waals surface area contributed by atoms with Crippen LogP contribution in [0.4, 0.5) is 0 Å². The molecule has 2 aromatic carbocycles. The highest BCUT2D eigenvalue weighted by Gasteiger charge is 2.47. The van der Waals surface area contributed by atoms with E-state index in [4.69, 9.17) is 33.2 Å². The zero-order valence-corrected chi connectivity index (χ0v) is 19.3. The van der Waals surface area contributed by atoms with Gasteiger partial charge in [-0.2, -0.15) is 0 Å². The van der Waals surface area contributed by atoms with Crippen molar-refractivity contribution < 1.29 is 38.0 Å². The minimum absolute atomic E-state index is 0.237. The summed E-state index contributed by atoms with van der Waals surface area (Å²) in [7, 11) is 4.73. The van der Waals surface area contributed by atoms with Gasteiger partial charge in [0.2, 0.25) is 6.29 Å². The van der Waals surface area contributed by atoms with Crippen LogP contribution in [0.3, 0.4) is 0 Å². The molecule has 0 aromatic heterocycles. The lowest BCUT2D eigenvalue weighted by Gasteiger charge is -2.42. The molecule has 1 fully saturated rings. The van der Waals surface area contributed by atoms with Crippen LogP contribution >= 0.6 is 0 Å². The van der Waals surface area contributed by atoms with Crippen LogP contribution < -0.4 is 9.47 Å². The maximum Gasteiger partial charge on any atom is 0.303 e. The minimum Gasteiger partial charge on any atom is -0.497 e. The summed E-state index contributed by atoms with van der Waals surface area (Å²) in [5, 5.41) is 0. The Bertz CT molecular complexity index is 909. The predicted molar refractivity (Wildman–Crippen MR) is 120 cm³/mol. The third-order valence-corrected chi connectivity index (χ3v) is 5.20. The second-order valence-corrected chi connectivity index (χ2v) is 7.47. The van der Waals surface area contributed by atoms with Crippen LogP contribution in [-0.2, 0) is 41.7 Å². The molecule has 1 heterocycles. The van der Waals surface area contributed by atoms with E-state index in [1.807, 2.05) is 48.5 Å². The summed E-state index contributed by atoms with van der Waals surface area (Å²) in [6, 6.07) is 15.0. The van der Waals surface area contributed by atoms with Gasteiger partial charge in [-0.3, -0.25) is 4.79 Å². The van der Waals surface area contributed by atoms with Crippen LogP contribution in [0.15, 0.2) is 60.9 Å².